The van der Waals surface area contributed by atoms with Crippen LogP contribution in [-0.4, -0.2) is 21.2 Å². The predicted molar refractivity (Wildman–Crippen MR) is 79.8 cm³/mol. The third-order valence-electron chi connectivity index (χ3n) is 2.83. The molecule has 0 atom stereocenters. The summed E-state index contributed by atoms with van der Waals surface area (Å²) in [5.74, 6) is 0.720. The molecule has 7 heteroatoms. The predicted octanol–water partition coefficient (Wildman–Crippen LogP) is 2.45. The smallest absolute Gasteiger partial charge is 0.319 e. The first-order valence-electron chi connectivity index (χ1n) is 6.64. The Bertz CT molecular complexity index is 743. The molecule has 2 aromatic heterocycles. The van der Waals surface area contributed by atoms with Crippen molar-refractivity contribution >= 4 is 11.7 Å². The molecular formula is C15H13N5O2. The van der Waals surface area contributed by atoms with Crippen LogP contribution in [0.1, 0.15) is 5.89 Å². The zero-order chi connectivity index (χ0) is 15.2. The van der Waals surface area contributed by atoms with Crippen LogP contribution in [0.25, 0.3) is 11.5 Å². The molecule has 3 rings (SSSR count). The lowest BCUT2D eigenvalue weighted by Gasteiger charge is -2.05. The van der Waals surface area contributed by atoms with Crippen LogP contribution in [0.5, 0.6) is 0 Å². The maximum Gasteiger partial charge on any atom is 0.319 e. The molecule has 0 saturated carbocycles. The second-order valence-corrected chi connectivity index (χ2v) is 4.41. The second kappa shape index (κ2) is 6.49. The first-order chi connectivity index (χ1) is 10.8. The van der Waals surface area contributed by atoms with E-state index in [-0.39, 0.29) is 12.6 Å². The number of carbonyl (C=O) groups excluding carboxylic acids is 1. The van der Waals surface area contributed by atoms with Gasteiger partial charge in [-0.05, 0) is 24.3 Å². The highest BCUT2D eigenvalue weighted by atomic mass is 16.4. The van der Waals surface area contributed by atoms with Crippen LogP contribution in [0.15, 0.2) is 59.3 Å². The number of pyridine rings is 1. The fourth-order valence-corrected chi connectivity index (χ4v) is 1.79. The van der Waals surface area contributed by atoms with Crippen molar-refractivity contribution in [3.8, 4) is 11.5 Å². The number of rotatable bonds is 4. The van der Waals surface area contributed by atoms with E-state index >= 15 is 0 Å². The molecular weight excluding hydrogens is 282 g/mol. The van der Waals surface area contributed by atoms with Crippen molar-refractivity contribution in [2.24, 2.45) is 0 Å². The minimum absolute atomic E-state index is 0.150. The lowest BCUT2D eigenvalue weighted by Crippen LogP contribution is -2.28. The van der Waals surface area contributed by atoms with E-state index in [4.69, 9.17) is 4.42 Å². The van der Waals surface area contributed by atoms with Gasteiger partial charge in [0.05, 0.1) is 6.54 Å². The highest BCUT2D eigenvalue weighted by molar-refractivity contribution is 5.89. The van der Waals surface area contributed by atoms with Crippen molar-refractivity contribution < 1.29 is 9.21 Å². The third kappa shape index (κ3) is 3.45. The quantitative estimate of drug-likeness (QED) is 0.771. The Labute approximate surface area is 126 Å². The molecule has 0 radical (unpaired) electrons. The molecule has 3 aromatic rings. The van der Waals surface area contributed by atoms with Crippen LogP contribution < -0.4 is 10.6 Å². The molecule has 0 aliphatic heterocycles. The fraction of sp³-hybridized carbons (Fsp3) is 0.0667. The average Bonchev–Trinajstić information content (AvgIpc) is 3.04. The van der Waals surface area contributed by atoms with Crippen LogP contribution in [0, 0.1) is 0 Å². The molecule has 1 aromatic carbocycles. The number of urea groups is 1. The van der Waals surface area contributed by atoms with E-state index in [1.807, 2.05) is 18.2 Å². The Hall–Kier alpha value is -3.22. The number of para-hydroxylation sites is 1. The number of amides is 2. The van der Waals surface area contributed by atoms with Gasteiger partial charge >= 0.3 is 6.03 Å². The van der Waals surface area contributed by atoms with Gasteiger partial charge in [-0.3, -0.25) is 4.98 Å². The molecule has 22 heavy (non-hydrogen) atoms. The van der Waals surface area contributed by atoms with Crippen molar-refractivity contribution in [3.63, 3.8) is 0 Å². The van der Waals surface area contributed by atoms with Crippen LogP contribution in [-0.2, 0) is 6.54 Å². The topological polar surface area (TPSA) is 92.9 Å². The largest absolute Gasteiger partial charge is 0.419 e. The van der Waals surface area contributed by atoms with E-state index < -0.39 is 0 Å². The molecule has 0 aliphatic rings. The number of nitrogens with one attached hydrogen (secondary N) is 2. The summed E-state index contributed by atoms with van der Waals surface area (Å²) in [6.45, 7) is 0.150. The zero-order valence-electron chi connectivity index (χ0n) is 11.6. The number of carbonyl (C=O) groups is 1. The first-order valence-corrected chi connectivity index (χ1v) is 6.64. The van der Waals surface area contributed by atoms with Gasteiger partial charge in [-0.1, -0.05) is 18.2 Å². The number of aromatic nitrogens is 3. The normalized spacial score (nSPS) is 10.2. The summed E-state index contributed by atoms with van der Waals surface area (Å²) < 4.78 is 5.48. The Morgan fingerprint density at radius 1 is 1.05 bits per heavy atom. The molecule has 0 unspecified atom stereocenters. The van der Waals surface area contributed by atoms with Crippen molar-refractivity contribution in [2.75, 3.05) is 5.32 Å². The Morgan fingerprint density at radius 2 is 1.82 bits per heavy atom. The number of nitrogens with zero attached hydrogens (tertiary/aromatic N) is 3. The summed E-state index contributed by atoms with van der Waals surface area (Å²) in [4.78, 5) is 15.7. The van der Waals surface area contributed by atoms with Gasteiger partial charge < -0.3 is 15.1 Å². The van der Waals surface area contributed by atoms with E-state index in [9.17, 15) is 4.79 Å². The van der Waals surface area contributed by atoms with Gasteiger partial charge in [-0.25, -0.2) is 4.79 Å². The van der Waals surface area contributed by atoms with Gasteiger partial charge in [-0.2, -0.15) is 0 Å². The number of hydrogen-bond acceptors (Lipinski definition) is 5. The van der Waals surface area contributed by atoms with E-state index in [0.717, 1.165) is 5.56 Å². The molecule has 110 valence electrons. The number of anilines is 1. The Morgan fingerprint density at radius 3 is 2.59 bits per heavy atom. The van der Waals surface area contributed by atoms with Gasteiger partial charge in [0.25, 0.3) is 0 Å². The molecule has 2 amide bonds. The van der Waals surface area contributed by atoms with E-state index in [2.05, 4.69) is 25.8 Å². The van der Waals surface area contributed by atoms with Gasteiger partial charge in [0, 0.05) is 23.6 Å². The molecule has 2 heterocycles. The van der Waals surface area contributed by atoms with Gasteiger partial charge in [0.2, 0.25) is 11.8 Å². The SMILES string of the molecule is O=C(NCc1nnc(-c2ccncc2)o1)Nc1ccccc1. The van der Waals surface area contributed by atoms with Crippen LogP contribution in [0.4, 0.5) is 10.5 Å². The monoisotopic (exact) mass is 295 g/mol. The molecule has 0 bridgehead atoms. The van der Waals surface area contributed by atoms with Crippen molar-refractivity contribution in [1.82, 2.24) is 20.5 Å². The summed E-state index contributed by atoms with van der Waals surface area (Å²) in [5.41, 5.74) is 1.49. The molecule has 0 saturated heterocycles. The van der Waals surface area contributed by atoms with Crippen molar-refractivity contribution in [2.45, 2.75) is 6.54 Å². The fourth-order valence-electron chi connectivity index (χ4n) is 1.79. The number of hydrogen-bond donors (Lipinski definition) is 2. The van der Waals surface area contributed by atoms with Crippen LogP contribution >= 0.6 is 0 Å². The lowest BCUT2D eigenvalue weighted by atomic mass is 10.3. The van der Waals surface area contributed by atoms with E-state index in [1.54, 1.807) is 36.7 Å². The lowest BCUT2D eigenvalue weighted by molar-refractivity contribution is 0.250. The third-order valence-corrected chi connectivity index (χ3v) is 2.83. The van der Waals surface area contributed by atoms with Crippen LogP contribution in [0.2, 0.25) is 0 Å². The summed E-state index contributed by atoms with van der Waals surface area (Å²) in [6.07, 6.45) is 3.29. The standard InChI is InChI=1S/C15H13N5O2/c21-15(18-12-4-2-1-3-5-12)17-10-13-19-20-14(22-13)11-6-8-16-9-7-11/h1-9H,10H2,(H2,17,18,21). The molecule has 0 aliphatic carbocycles. The van der Waals surface area contributed by atoms with Gasteiger partial charge in [-0.15, -0.1) is 10.2 Å². The minimum atomic E-state index is -0.338. The van der Waals surface area contributed by atoms with Gasteiger partial charge in [0.1, 0.15) is 0 Å². The van der Waals surface area contributed by atoms with Crippen LogP contribution in [0.3, 0.4) is 0 Å². The summed E-state index contributed by atoms with van der Waals surface area (Å²) in [7, 11) is 0. The summed E-state index contributed by atoms with van der Waals surface area (Å²) in [5, 5.41) is 13.2. The average molecular weight is 295 g/mol. The Kier molecular flexibility index (Phi) is 4.05. The van der Waals surface area contributed by atoms with Crippen molar-refractivity contribution in [1.29, 1.82) is 0 Å². The molecule has 0 spiro atoms. The second-order valence-electron chi connectivity index (χ2n) is 4.41. The van der Waals surface area contributed by atoms with Crippen molar-refractivity contribution in [3.05, 3.63) is 60.7 Å². The maximum absolute atomic E-state index is 11.7. The maximum atomic E-state index is 11.7. The number of benzene rings is 1. The first kappa shape index (κ1) is 13.7. The molecule has 0 fully saturated rings. The van der Waals surface area contributed by atoms with E-state index in [0.29, 0.717) is 17.5 Å². The van der Waals surface area contributed by atoms with E-state index in [1.165, 1.54) is 0 Å². The highest BCUT2D eigenvalue weighted by Gasteiger charge is 2.09. The zero-order valence-corrected chi connectivity index (χ0v) is 11.6. The van der Waals surface area contributed by atoms with Gasteiger partial charge in [0.15, 0.2) is 0 Å². The molecule has 7 nitrogen and oxygen atoms in total. The molecule has 2 N–H and O–H groups in total. The minimum Gasteiger partial charge on any atom is -0.419 e. The summed E-state index contributed by atoms with van der Waals surface area (Å²) in [6, 6.07) is 12.4. The summed E-state index contributed by atoms with van der Waals surface area (Å²) >= 11 is 0. The highest BCUT2D eigenvalue weighted by Crippen LogP contribution is 2.15. The Balaban J connectivity index is 1.56.